The summed E-state index contributed by atoms with van der Waals surface area (Å²) in [6, 6.07) is 14.7. The molecule has 1 aromatic heterocycles. The third kappa shape index (κ3) is 4.62. The van der Waals surface area contributed by atoms with Crippen molar-refractivity contribution in [3.05, 3.63) is 94.4 Å². The van der Waals surface area contributed by atoms with Gasteiger partial charge in [-0.05, 0) is 72.9 Å². The number of amides is 1. The van der Waals surface area contributed by atoms with Crippen molar-refractivity contribution in [1.82, 2.24) is 10.3 Å². The molecule has 1 heterocycles. The smallest absolute Gasteiger partial charge is 0.356 e. The number of hydrogen-bond donors (Lipinski definition) is 2. The largest absolute Gasteiger partial charge is 0.416 e. The van der Waals surface area contributed by atoms with E-state index in [-0.39, 0.29) is 11.7 Å². The predicted molar refractivity (Wildman–Crippen MR) is 121 cm³/mol. The maximum Gasteiger partial charge on any atom is 0.416 e. The molecule has 0 saturated carbocycles. The Labute approximate surface area is 188 Å². The van der Waals surface area contributed by atoms with Crippen LogP contribution in [0.25, 0.3) is 22.0 Å². The van der Waals surface area contributed by atoms with Gasteiger partial charge in [0.2, 0.25) is 0 Å². The van der Waals surface area contributed by atoms with E-state index in [0.29, 0.717) is 35.2 Å². The van der Waals surface area contributed by atoms with Crippen molar-refractivity contribution in [1.29, 1.82) is 0 Å². The second-order valence-corrected chi connectivity index (χ2v) is 8.00. The van der Waals surface area contributed by atoms with Gasteiger partial charge in [-0.25, -0.2) is 4.39 Å². The van der Waals surface area contributed by atoms with E-state index >= 15 is 0 Å². The zero-order valence-corrected chi connectivity index (χ0v) is 18.1. The quantitative estimate of drug-likeness (QED) is 0.329. The van der Waals surface area contributed by atoms with Gasteiger partial charge >= 0.3 is 6.18 Å². The normalized spacial score (nSPS) is 11.7. The molecule has 0 saturated heterocycles. The van der Waals surface area contributed by atoms with Crippen molar-refractivity contribution >= 4 is 16.8 Å². The molecular weight excluding hydrogens is 432 g/mol. The lowest BCUT2D eigenvalue weighted by Crippen LogP contribution is -2.25. The van der Waals surface area contributed by atoms with E-state index in [9.17, 15) is 22.4 Å². The van der Waals surface area contributed by atoms with E-state index in [0.717, 1.165) is 34.3 Å². The number of aromatic nitrogens is 1. The number of rotatable bonds is 5. The summed E-state index contributed by atoms with van der Waals surface area (Å²) in [7, 11) is 0. The first-order valence-electron chi connectivity index (χ1n) is 10.5. The minimum Gasteiger partial charge on any atom is -0.356 e. The second-order valence-electron chi connectivity index (χ2n) is 8.00. The van der Waals surface area contributed by atoms with Crippen molar-refractivity contribution in [3.63, 3.8) is 0 Å². The maximum atomic E-state index is 14.1. The van der Waals surface area contributed by atoms with Crippen LogP contribution in [0.2, 0.25) is 0 Å². The van der Waals surface area contributed by atoms with Crippen LogP contribution in [0.3, 0.4) is 0 Å². The number of hydrogen-bond acceptors (Lipinski definition) is 1. The Balaban J connectivity index is 1.44. The lowest BCUT2D eigenvalue weighted by atomic mass is 10.0. The summed E-state index contributed by atoms with van der Waals surface area (Å²) in [6.45, 7) is 4.16. The molecule has 0 unspecified atom stereocenters. The molecule has 0 aliphatic carbocycles. The van der Waals surface area contributed by atoms with E-state index in [1.54, 1.807) is 36.4 Å². The Morgan fingerprint density at radius 3 is 2.39 bits per heavy atom. The third-order valence-electron chi connectivity index (χ3n) is 5.76. The molecule has 0 radical (unpaired) electrons. The molecule has 170 valence electrons. The van der Waals surface area contributed by atoms with Crippen molar-refractivity contribution in [2.24, 2.45) is 0 Å². The number of benzene rings is 3. The highest BCUT2D eigenvalue weighted by molar-refractivity contribution is 5.95. The standard InChI is InChI=1S/C26H22F4N2O/c1-15-6-11-22(27)24-23(15)21(16(2)32-24)12-13-31-25(33)18-9-7-17(8-10-18)19-4-3-5-20(14-19)26(28,29)30/h3-11,14,32H,12-13H2,1-2H3,(H,31,33). The molecule has 1 amide bonds. The Morgan fingerprint density at radius 2 is 1.70 bits per heavy atom. The molecule has 0 atom stereocenters. The lowest BCUT2D eigenvalue weighted by Gasteiger charge is -2.10. The van der Waals surface area contributed by atoms with Crippen LogP contribution in [0.4, 0.5) is 17.6 Å². The van der Waals surface area contributed by atoms with Crippen LogP contribution in [-0.4, -0.2) is 17.4 Å². The third-order valence-corrected chi connectivity index (χ3v) is 5.76. The number of fused-ring (bicyclic) bond motifs is 1. The number of aromatic amines is 1. The highest BCUT2D eigenvalue weighted by atomic mass is 19.4. The SMILES string of the molecule is Cc1[nH]c2c(F)ccc(C)c2c1CCNC(=O)c1ccc(-c2cccc(C(F)(F)F)c2)cc1. The Bertz CT molecular complexity index is 1320. The molecule has 0 aliphatic heterocycles. The summed E-state index contributed by atoms with van der Waals surface area (Å²) in [5.41, 5.74) is 3.95. The molecule has 0 spiro atoms. The van der Waals surface area contributed by atoms with Crippen LogP contribution >= 0.6 is 0 Å². The zero-order chi connectivity index (χ0) is 23.8. The van der Waals surface area contributed by atoms with Crippen molar-refractivity contribution in [2.75, 3.05) is 6.54 Å². The van der Waals surface area contributed by atoms with E-state index in [4.69, 9.17) is 0 Å². The minimum absolute atomic E-state index is 0.286. The first-order valence-corrected chi connectivity index (χ1v) is 10.5. The second kappa shape index (κ2) is 8.73. The van der Waals surface area contributed by atoms with Gasteiger partial charge in [0.25, 0.3) is 5.91 Å². The van der Waals surface area contributed by atoms with Gasteiger partial charge in [0.05, 0.1) is 11.1 Å². The molecule has 3 aromatic carbocycles. The molecule has 0 bridgehead atoms. The van der Waals surface area contributed by atoms with Gasteiger partial charge in [-0.2, -0.15) is 13.2 Å². The van der Waals surface area contributed by atoms with Gasteiger partial charge in [-0.3, -0.25) is 4.79 Å². The molecule has 4 aromatic rings. The first-order chi connectivity index (χ1) is 15.6. The molecule has 7 heteroatoms. The van der Waals surface area contributed by atoms with Crippen molar-refractivity contribution in [3.8, 4) is 11.1 Å². The molecule has 0 aliphatic rings. The number of carbonyl (C=O) groups excluding carboxylic acids is 1. The molecule has 0 fully saturated rings. The number of H-pyrrole nitrogens is 1. The predicted octanol–water partition coefficient (Wildman–Crippen LogP) is 6.58. The number of alkyl halides is 3. The number of halogens is 4. The van der Waals surface area contributed by atoms with E-state index in [2.05, 4.69) is 10.3 Å². The monoisotopic (exact) mass is 454 g/mol. The van der Waals surface area contributed by atoms with Crippen LogP contribution < -0.4 is 5.32 Å². The van der Waals surface area contributed by atoms with Crippen molar-refractivity contribution < 1.29 is 22.4 Å². The fourth-order valence-corrected chi connectivity index (χ4v) is 4.05. The molecule has 3 nitrogen and oxygen atoms in total. The van der Waals surface area contributed by atoms with Gasteiger partial charge in [-0.15, -0.1) is 0 Å². The fourth-order valence-electron chi connectivity index (χ4n) is 4.05. The van der Waals surface area contributed by atoms with Gasteiger partial charge in [0, 0.05) is 23.2 Å². The highest BCUT2D eigenvalue weighted by Gasteiger charge is 2.30. The van der Waals surface area contributed by atoms with Crippen LogP contribution in [0.15, 0.2) is 60.7 Å². The van der Waals surface area contributed by atoms with Crippen LogP contribution in [0.1, 0.15) is 32.7 Å². The minimum atomic E-state index is -4.41. The Morgan fingerprint density at radius 1 is 0.970 bits per heavy atom. The average molecular weight is 454 g/mol. The van der Waals surface area contributed by atoms with Gasteiger partial charge in [0.1, 0.15) is 5.82 Å². The van der Waals surface area contributed by atoms with Crippen LogP contribution in [0, 0.1) is 19.7 Å². The topological polar surface area (TPSA) is 44.9 Å². The summed E-state index contributed by atoms with van der Waals surface area (Å²) < 4.78 is 53.0. The fraction of sp³-hybridized carbons (Fsp3) is 0.192. The van der Waals surface area contributed by atoms with Crippen LogP contribution in [0.5, 0.6) is 0 Å². The number of carbonyl (C=O) groups is 1. The Hall–Kier alpha value is -3.61. The van der Waals surface area contributed by atoms with E-state index in [1.807, 2.05) is 13.8 Å². The molecule has 2 N–H and O–H groups in total. The summed E-state index contributed by atoms with van der Waals surface area (Å²) in [4.78, 5) is 15.6. The zero-order valence-electron chi connectivity index (χ0n) is 18.1. The highest BCUT2D eigenvalue weighted by Crippen LogP contribution is 2.32. The van der Waals surface area contributed by atoms with Gasteiger partial charge < -0.3 is 10.3 Å². The summed E-state index contributed by atoms with van der Waals surface area (Å²) in [6.07, 6.45) is -3.88. The molecular formula is C26H22F4N2O. The summed E-state index contributed by atoms with van der Waals surface area (Å²) in [5, 5.41) is 3.70. The summed E-state index contributed by atoms with van der Waals surface area (Å²) >= 11 is 0. The number of aryl methyl sites for hydroxylation is 2. The molecule has 33 heavy (non-hydrogen) atoms. The van der Waals surface area contributed by atoms with Crippen molar-refractivity contribution in [2.45, 2.75) is 26.4 Å². The first kappa shape index (κ1) is 22.6. The van der Waals surface area contributed by atoms with E-state index in [1.165, 1.54) is 12.1 Å². The maximum absolute atomic E-state index is 14.1. The Kier molecular flexibility index (Phi) is 5.97. The van der Waals surface area contributed by atoms with E-state index < -0.39 is 11.7 Å². The van der Waals surface area contributed by atoms with Gasteiger partial charge in [-0.1, -0.05) is 30.3 Å². The van der Waals surface area contributed by atoms with Crippen LogP contribution in [-0.2, 0) is 12.6 Å². The van der Waals surface area contributed by atoms with Gasteiger partial charge in [0.15, 0.2) is 0 Å². The molecule has 4 rings (SSSR count). The average Bonchev–Trinajstić information content (AvgIpc) is 3.13. The number of nitrogens with one attached hydrogen (secondary N) is 2. The summed E-state index contributed by atoms with van der Waals surface area (Å²) in [5.74, 6) is -0.596. The lowest BCUT2D eigenvalue weighted by molar-refractivity contribution is -0.137.